The number of amides is 1. The smallest absolute Gasteiger partial charge is 0.416 e. The number of carbonyl (C=O) groups is 1. The first kappa shape index (κ1) is 17.6. The molecule has 1 amide bonds. The van der Waals surface area contributed by atoms with Crippen molar-refractivity contribution < 1.29 is 22.7 Å². The third-order valence-corrected chi connectivity index (χ3v) is 3.88. The highest BCUT2D eigenvalue weighted by atomic mass is 19.4. The number of halogens is 3. The minimum Gasteiger partial charge on any atom is -0.493 e. The van der Waals surface area contributed by atoms with Crippen LogP contribution in [-0.4, -0.2) is 37.6 Å². The van der Waals surface area contributed by atoms with Crippen molar-refractivity contribution in [3.63, 3.8) is 0 Å². The average Bonchev–Trinajstić information content (AvgIpc) is 2.45. The minimum absolute atomic E-state index is 0.0886. The first-order valence-corrected chi connectivity index (χ1v) is 7.55. The summed E-state index contributed by atoms with van der Waals surface area (Å²) in [4.78, 5) is 13.3. The molecule has 0 saturated carbocycles. The number of hydrogen-bond acceptors (Lipinski definition) is 3. The van der Waals surface area contributed by atoms with Crippen LogP contribution in [-0.2, 0) is 11.0 Å². The molecule has 0 unspecified atom stereocenters. The van der Waals surface area contributed by atoms with Gasteiger partial charge in [0.15, 0.2) is 0 Å². The molecular weight excluding hydrogens is 309 g/mol. The van der Waals surface area contributed by atoms with E-state index in [9.17, 15) is 18.0 Å². The first-order valence-electron chi connectivity index (χ1n) is 7.55. The van der Waals surface area contributed by atoms with E-state index in [1.54, 1.807) is 0 Å². The Morgan fingerprint density at radius 2 is 1.96 bits per heavy atom. The van der Waals surface area contributed by atoms with Crippen LogP contribution >= 0.6 is 0 Å². The zero-order valence-electron chi connectivity index (χ0n) is 13.2. The van der Waals surface area contributed by atoms with Crippen molar-refractivity contribution in [3.05, 3.63) is 23.8 Å². The molecule has 0 atom stereocenters. The zero-order valence-corrected chi connectivity index (χ0v) is 13.2. The third-order valence-electron chi connectivity index (χ3n) is 3.88. The fourth-order valence-electron chi connectivity index (χ4n) is 2.56. The van der Waals surface area contributed by atoms with Gasteiger partial charge in [0.1, 0.15) is 5.75 Å². The number of nitrogens with zero attached hydrogens (tertiary/aromatic N) is 1. The highest BCUT2D eigenvalue weighted by Crippen LogP contribution is 2.34. The maximum Gasteiger partial charge on any atom is 0.416 e. The molecule has 23 heavy (non-hydrogen) atoms. The molecule has 0 aromatic heterocycles. The Bertz CT molecular complexity index is 553. The van der Waals surface area contributed by atoms with Crippen molar-refractivity contribution in [2.24, 2.45) is 5.92 Å². The van der Waals surface area contributed by atoms with E-state index in [0.717, 1.165) is 38.1 Å². The molecule has 1 fully saturated rings. The Morgan fingerprint density at radius 1 is 1.30 bits per heavy atom. The largest absolute Gasteiger partial charge is 0.493 e. The summed E-state index contributed by atoms with van der Waals surface area (Å²) in [7, 11) is 2.05. The number of rotatable bonds is 4. The second-order valence-electron chi connectivity index (χ2n) is 5.98. The van der Waals surface area contributed by atoms with Gasteiger partial charge in [0.2, 0.25) is 5.91 Å². The fraction of sp³-hybridized carbons (Fsp3) is 0.562. The van der Waals surface area contributed by atoms with Gasteiger partial charge in [0.25, 0.3) is 0 Å². The summed E-state index contributed by atoms with van der Waals surface area (Å²) in [6.45, 7) is 3.56. The fourth-order valence-corrected chi connectivity index (χ4v) is 2.56. The monoisotopic (exact) mass is 330 g/mol. The number of anilines is 1. The van der Waals surface area contributed by atoms with Gasteiger partial charge in [-0.1, -0.05) is 0 Å². The zero-order chi connectivity index (χ0) is 17.0. The van der Waals surface area contributed by atoms with E-state index in [4.69, 9.17) is 4.74 Å². The predicted octanol–water partition coefficient (Wildman–Crippen LogP) is 3.38. The maximum absolute atomic E-state index is 12.9. The number of likely N-dealkylation sites (tertiary alicyclic amines) is 1. The van der Waals surface area contributed by atoms with Gasteiger partial charge in [0.05, 0.1) is 12.2 Å². The van der Waals surface area contributed by atoms with Crippen LogP contribution in [0.5, 0.6) is 5.75 Å². The Morgan fingerprint density at radius 3 is 2.52 bits per heavy atom. The average molecular weight is 330 g/mol. The Hall–Kier alpha value is -1.76. The summed E-state index contributed by atoms with van der Waals surface area (Å²) in [5.74, 6) is 0.0399. The summed E-state index contributed by atoms with van der Waals surface area (Å²) in [6.07, 6.45) is -2.55. The summed E-state index contributed by atoms with van der Waals surface area (Å²) in [6, 6.07) is 3.30. The van der Waals surface area contributed by atoms with E-state index in [1.165, 1.54) is 13.0 Å². The molecule has 1 aromatic carbocycles. The normalized spacial score (nSPS) is 17.1. The lowest BCUT2D eigenvalue weighted by atomic mass is 9.98. The van der Waals surface area contributed by atoms with Crippen molar-refractivity contribution in [2.75, 3.05) is 32.1 Å². The molecular formula is C16H21F3N2O2. The van der Waals surface area contributed by atoms with Crippen LogP contribution in [0.1, 0.15) is 25.3 Å². The van der Waals surface area contributed by atoms with E-state index in [0.29, 0.717) is 12.5 Å². The van der Waals surface area contributed by atoms with Gasteiger partial charge < -0.3 is 15.0 Å². The quantitative estimate of drug-likeness (QED) is 0.920. The molecule has 4 nitrogen and oxygen atoms in total. The van der Waals surface area contributed by atoms with E-state index in [-0.39, 0.29) is 11.4 Å². The molecule has 0 spiro atoms. The van der Waals surface area contributed by atoms with Crippen LogP contribution in [0.15, 0.2) is 18.2 Å². The van der Waals surface area contributed by atoms with E-state index >= 15 is 0 Å². The van der Waals surface area contributed by atoms with Crippen molar-refractivity contribution in [2.45, 2.75) is 25.9 Å². The van der Waals surface area contributed by atoms with Crippen LogP contribution in [0.4, 0.5) is 18.9 Å². The SMILES string of the molecule is CC(=O)Nc1cc(OCC2CCN(C)CC2)cc(C(F)(F)F)c1. The Balaban J connectivity index is 2.08. The molecule has 1 aliphatic rings. The second-order valence-corrected chi connectivity index (χ2v) is 5.98. The number of ether oxygens (including phenoxy) is 1. The molecule has 2 rings (SSSR count). The number of carbonyl (C=O) groups excluding carboxylic acids is 1. The molecule has 1 aliphatic heterocycles. The highest BCUT2D eigenvalue weighted by molar-refractivity contribution is 5.89. The van der Waals surface area contributed by atoms with E-state index < -0.39 is 17.6 Å². The van der Waals surface area contributed by atoms with Gasteiger partial charge in [-0.05, 0) is 51.0 Å². The maximum atomic E-state index is 12.9. The summed E-state index contributed by atoms with van der Waals surface area (Å²) in [5, 5.41) is 2.38. The Labute approximate surface area is 133 Å². The number of hydrogen-bond donors (Lipinski definition) is 1. The van der Waals surface area contributed by atoms with E-state index in [1.807, 2.05) is 7.05 Å². The lowest BCUT2D eigenvalue weighted by Gasteiger charge is -2.28. The van der Waals surface area contributed by atoms with Gasteiger partial charge in [-0.15, -0.1) is 0 Å². The number of benzene rings is 1. The number of piperidine rings is 1. The highest BCUT2D eigenvalue weighted by Gasteiger charge is 2.31. The first-order chi connectivity index (χ1) is 10.7. The summed E-state index contributed by atoms with van der Waals surface area (Å²) in [5.41, 5.74) is -0.743. The van der Waals surface area contributed by atoms with Crippen LogP contribution in [0.25, 0.3) is 0 Å². The predicted molar refractivity (Wildman–Crippen MR) is 81.5 cm³/mol. The van der Waals surface area contributed by atoms with Crippen LogP contribution in [0, 0.1) is 5.92 Å². The van der Waals surface area contributed by atoms with Crippen molar-refractivity contribution in [1.29, 1.82) is 0 Å². The second kappa shape index (κ2) is 7.21. The minimum atomic E-state index is -4.49. The molecule has 128 valence electrons. The molecule has 1 heterocycles. The van der Waals surface area contributed by atoms with Gasteiger partial charge in [-0.2, -0.15) is 13.2 Å². The summed E-state index contributed by atoms with van der Waals surface area (Å²) < 4.78 is 44.4. The van der Waals surface area contributed by atoms with Crippen LogP contribution in [0.2, 0.25) is 0 Å². The van der Waals surface area contributed by atoms with Crippen molar-refractivity contribution in [1.82, 2.24) is 4.90 Å². The molecule has 1 N–H and O–H groups in total. The van der Waals surface area contributed by atoms with Gasteiger partial charge in [0, 0.05) is 18.7 Å². The standard InChI is InChI=1S/C16H21F3N2O2/c1-11(22)20-14-7-13(16(17,18)19)8-15(9-14)23-10-12-3-5-21(2)6-4-12/h7-9,12H,3-6,10H2,1-2H3,(H,20,22). The van der Waals surface area contributed by atoms with Crippen molar-refractivity contribution >= 4 is 11.6 Å². The molecule has 0 bridgehead atoms. The molecule has 1 saturated heterocycles. The molecule has 7 heteroatoms. The lowest BCUT2D eigenvalue weighted by Crippen LogP contribution is -2.32. The molecule has 0 radical (unpaired) electrons. The lowest BCUT2D eigenvalue weighted by molar-refractivity contribution is -0.137. The van der Waals surface area contributed by atoms with Gasteiger partial charge in [-0.3, -0.25) is 4.79 Å². The molecule has 1 aromatic rings. The molecule has 0 aliphatic carbocycles. The van der Waals surface area contributed by atoms with E-state index in [2.05, 4.69) is 10.2 Å². The van der Waals surface area contributed by atoms with Crippen molar-refractivity contribution in [3.8, 4) is 5.75 Å². The Kier molecular flexibility index (Phi) is 5.51. The van der Waals surface area contributed by atoms with Gasteiger partial charge in [-0.25, -0.2) is 0 Å². The van der Waals surface area contributed by atoms with Crippen LogP contribution < -0.4 is 10.1 Å². The number of alkyl halides is 3. The number of nitrogens with one attached hydrogen (secondary N) is 1. The summed E-state index contributed by atoms with van der Waals surface area (Å²) >= 11 is 0. The van der Waals surface area contributed by atoms with Gasteiger partial charge >= 0.3 is 6.18 Å². The topological polar surface area (TPSA) is 41.6 Å². The third kappa shape index (κ3) is 5.42. The van der Waals surface area contributed by atoms with Crippen LogP contribution in [0.3, 0.4) is 0 Å².